The SMILES string of the molecule is C1=CCCC(c2cccc3oc4cccc(-c5nc(-c6ccc(-c7ccccc7)cc6)nc(-c6ccc(-c7ccccc7)cc6)n5)c4c23)=C1. The fourth-order valence-corrected chi connectivity index (χ4v) is 6.79. The van der Waals surface area contributed by atoms with E-state index in [0.29, 0.717) is 17.5 Å². The molecule has 0 saturated heterocycles. The summed E-state index contributed by atoms with van der Waals surface area (Å²) in [6.07, 6.45) is 8.60. The van der Waals surface area contributed by atoms with Crippen LogP contribution in [0.25, 0.3) is 83.9 Å². The Morgan fingerprint density at radius 2 is 0.878 bits per heavy atom. The molecule has 0 fully saturated rings. The summed E-state index contributed by atoms with van der Waals surface area (Å²) < 4.78 is 6.47. The molecule has 0 bridgehead atoms. The van der Waals surface area contributed by atoms with Crippen molar-refractivity contribution in [2.45, 2.75) is 12.8 Å². The van der Waals surface area contributed by atoms with Gasteiger partial charge >= 0.3 is 0 Å². The van der Waals surface area contributed by atoms with E-state index >= 15 is 0 Å². The fourth-order valence-electron chi connectivity index (χ4n) is 6.79. The third-order valence-electron chi connectivity index (χ3n) is 9.26. The smallest absolute Gasteiger partial charge is 0.164 e. The van der Waals surface area contributed by atoms with Crippen LogP contribution in [0.15, 0.2) is 168 Å². The Morgan fingerprint density at radius 1 is 0.408 bits per heavy atom. The highest BCUT2D eigenvalue weighted by Crippen LogP contribution is 2.41. The van der Waals surface area contributed by atoms with E-state index in [9.17, 15) is 0 Å². The molecular weight excluding hydrogens is 599 g/mol. The molecule has 2 heterocycles. The van der Waals surface area contributed by atoms with E-state index < -0.39 is 0 Å². The summed E-state index contributed by atoms with van der Waals surface area (Å²) in [5.41, 5.74) is 11.6. The van der Waals surface area contributed by atoms with Gasteiger partial charge in [-0.15, -0.1) is 0 Å². The van der Waals surface area contributed by atoms with Crippen LogP contribution < -0.4 is 0 Å². The maximum Gasteiger partial charge on any atom is 0.164 e. The lowest BCUT2D eigenvalue weighted by Crippen LogP contribution is -2.00. The number of hydrogen-bond donors (Lipinski definition) is 0. The van der Waals surface area contributed by atoms with Gasteiger partial charge in [0.25, 0.3) is 0 Å². The van der Waals surface area contributed by atoms with Crippen molar-refractivity contribution in [3.05, 3.63) is 169 Å². The molecule has 0 saturated carbocycles. The number of aromatic nitrogens is 3. The first-order valence-electron chi connectivity index (χ1n) is 16.7. The van der Waals surface area contributed by atoms with E-state index in [4.69, 9.17) is 19.4 Å². The maximum atomic E-state index is 6.47. The van der Waals surface area contributed by atoms with Crippen LogP contribution in [0.1, 0.15) is 18.4 Å². The maximum absolute atomic E-state index is 6.47. The van der Waals surface area contributed by atoms with Crippen molar-refractivity contribution in [2.24, 2.45) is 0 Å². The molecule has 0 radical (unpaired) electrons. The molecular formula is C45H31N3O. The van der Waals surface area contributed by atoms with E-state index in [1.54, 1.807) is 0 Å². The first-order chi connectivity index (χ1) is 24.3. The zero-order valence-corrected chi connectivity index (χ0v) is 26.8. The van der Waals surface area contributed by atoms with Gasteiger partial charge in [0.15, 0.2) is 17.5 Å². The molecule has 9 rings (SSSR count). The molecule has 2 aromatic heterocycles. The summed E-state index contributed by atoms with van der Waals surface area (Å²) in [6.45, 7) is 0. The van der Waals surface area contributed by atoms with Crippen molar-refractivity contribution in [1.82, 2.24) is 15.0 Å². The molecule has 8 aromatic rings. The predicted molar refractivity (Wildman–Crippen MR) is 201 cm³/mol. The van der Waals surface area contributed by atoms with Gasteiger partial charge in [0.1, 0.15) is 11.2 Å². The molecule has 0 aliphatic heterocycles. The lowest BCUT2D eigenvalue weighted by molar-refractivity contribution is 0.669. The highest BCUT2D eigenvalue weighted by atomic mass is 16.3. The van der Waals surface area contributed by atoms with Crippen molar-refractivity contribution >= 4 is 27.5 Å². The van der Waals surface area contributed by atoms with Crippen LogP contribution in [0.3, 0.4) is 0 Å². The van der Waals surface area contributed by atoms with Gasteiger partial charge < -0.3 is 4.42 Å². The summed E-state index contributed by atoms with van der Waals surface area (Å²) in [4.78, 5) is 15.4. The van der Waals surface area contributed by atoms with Crippen molar-refractivity contribution in [2.75, 3.05) is 0 Å². The van der Waals surface area contributed by atoms with Crippen LogP contribution in [0.4, 0.5) is 0 Å². The van der Waals surface area contributed by atoms with E-state index in [1.807, 2.05) is 24.3 Å². The molecule has 6 aromatic carbocycles. The summed E-state index contributed by atoms with van der Waals surface area (Å²) in [7, 11) is 0. The number of allylic oxidation sites excluding steroid dienone is 4. The minimum Gasteiger partial charge on any atom is -0.456 e. The summed E-state index contributed by atoms with van der Waals surface area (Å²) >= 11 is 0. The van der Waals surface area contributed by atoms with Gasteiger partial charge in [0.05, 0.1) is 0 Å². The lowest BCUT2D eigenvalue weighted by Gasteiger charge is -2.12. The van der Waals surface area contributed by atoms with Crippen LogP contribution in [-0.2, 0) is 0 Å². The standard InChI is InChI=1S/C45H31N3O/c1-4-12-30(13-5-1)32-22-26-35(27-23-32)43-46-44(36-28-24-33(25-29-36)31-14-6-2-7-15-31)48-45(47-43)38-19-11-21-40-42(38)41-37(18-10-20-39(41)49-40)34-16-8-3-9-17-34/h1-8,10-16,18-29H,9,17H2. The highest BCUT2D eigenvalue weighted by molar-refractivity contribution is 6.15. The van der Waals surface area contributed by atoms with Crippen molar-refractivity contribution in [3.63, 3.8) is 0 Å². The quantitative estimate of drug-likeness (QED) is 0.184. The molecule has 1 aliphatic rings. The molecule has 0 spiro atoms. The Hall–Kier alpha value is -6.39. The first-order valence-corrected chi connectivity index (χ1v) is 16.7. The second kappa shape index (κ2) is 12.3. The number of nitrogens with zero attached hydrogens (tertiary/aromatic N) is 3. The Bertz CT molecular complexity index is 2410. The molecule has 0 amide bonds. The lowest BCUT2D eigenvalue weighted by atomic mass is 9.92. The molecule has 0 atom stereocenters. The minimum atomic E-state index is 0.611. The number of rotatable bonds is 6. The molecule has 232 valence electrons. The van der Waals surface area contributed by atoms with Gasteiger partial charge in [-0.3, -0.25) is 0 Å². The molecule has 4 heteroatoms. The molecule has 49 heavy (non-hydrogen) atoms. The van der Waals surface area contributed by atoms with Crippen molar-refractivity contribution in [3.8, 4) is 56.4 Å². The topological polar surface area (TPSA) is 51.8 Å². The average molecular weight is 630 g/mol. The largest absolute Gasteiger partial charge is 0.456 e. The Kier molecular flexibility index (Phi) is 7.25. The van der Waals surface area contributed by atoms with Crippen LogP contribution in [0.5, 0.6) is 0 Å². The van der Waals surface area contributed by atoms with E-state index in [-0.39, 0.29) is 0 Å². The predicted octanol–water partition coefficient (Wildman–Crippen LogP) is 11.8. The zero-order chi connectivity index (χ0) is 32.6. The summed E-state index contributed by atoms with van der Waals surface area (Å²) in [5.74, 6) is 1.86. The number of furan rings is 1. The second-order valence-electron chi connectivity index (χ2n) is 12.3. The third-order valence-corrected chi connectivity index (χ3v) is 9.26. The normalized spacial score (nSPS) is 12.8. The van der Waals surface area contributed by atoms with Gasteiger partial charge in [-0.1, -0.05) is 152 Å². The first kappa shape index (κ1) is 28.8. The molecule has 0 N–H and O–H groups in total. The Labute approximate surface area is 284 Å². The van der Waals surface area contributed by atoms with Gasteiger partial charge in [-0.2, -0.15) is 0 Å². The zero-order valence-electron chi connectivity index (χ0n) is 26.8. The van der Waals surface area contributed by atoms with Crippen LogP contribution >= 0.6 is 0 Å². The highest BCUT2D eigenvalue weighted by Gasteiger charge is 2.21. The third kappa shape index (κ3) is 5.43. The van der Waals surface area contributed by atoms with E-state index in [2.05, 4.69) is 140 Å². The average Bonchev–Trinajstić information content (AvgIpc) is 3.58. The summed E-state index contributed by atoms with van der Waals surface area (Å²) in [6, 6.07) is 50.2. The van der Waals surface area contributed by atoms with Crippen molar-refractivity contribution < 1.29 is 4.42 Å². The van der Waals surface area contributed by atoms with Crippen LogP contribution in [0, 0.1) is 0 Å². The van der Waals surface area contributed by atoms with Gasteiger partial charge in [-0.25, -0.2) is 15.0 Å². The Morgan fingerprint density at radius 3 is 1.41 bits per heavy atom. The van der Waals surface area contributed by atoms with E-state index in [1.165, 1.54) is 22.3 Å². The molecule has 4 nitrogen and oxygen atoms in total. The monoisotopic (exact) mass is 629 g/mol. The Balaban J connectivity index is 1.23. The van der Waals surface area contributed by atoms with E-state index in [0.717, 1.165) is 62.6 Å². The fraction of sp³-hybridized carbons (Fsp3) is 0.0444. The minimum absolute atomic E-state index is 0.611. The van der Waals surface area contributed by atoms with Gasteiger partial charge in [-0.05, 0) is 58.4 Å². The van der Waals surface area contributed by atoms with Crippen LogP contribution in [0.2, 0.25) is 0 Å². The number of benzene rings is 6. The second-order valence-corrected chi connectivity index (χ2v) is 12.3. The summed E-state index contributed by atoms with van der Waals surface area (Å²) in [5, 5.41) is 2.11. The van der Waals surface area contributed by atoms with Crippen molar-refractivity contribution in [1.29, 1.82) is 0 Å². The number of fused-ring (bicyclic) bond motifs is 3. The van der Waals surface area contributed by atoms with Gasteiger partial charge in [0, 0.05) is 27.5 Å². The van der Waals surface area contributed by atoms with Gasteiger partial charge in [0.2, 0.25) is 0 Å². The number of hydrogen-bond acceptors (Lipinski definition) is 4. The molecule has 1 aliphatic carbocycles. The molecule has 0 unspecified atom stereocenters. The van der Waals surface area contributed by atoms with Crippen LogP contribution in [-0.4, -0.2) is 15.0 Å².